The summed E-state index contributed by atoms with van der Waals surface area (Å²) < 4.78 is 45.9. The van der Waals surface area contributed by atoms with Crippen LogP contribution in [-0.2, 0) is 0 Å². The lowest BCUT2D eigenvalue weighted by Gasteiger charge is -2.30. The lowest BCUT2D eigenvalue weighted by molar-refractivity contribution is -0.136. The van der Waals surface area contributed by atoms with Crippen molar-refractivity contribution in [3.63, 3.8) is 0 Å². The fourth-order valence-electron chi connectivity index (χ4n) is 4.17. The molecule has 0 saturated heterocycles. The van der Waals surface area contributed by atoms with E-state index >= 15 is 0 Å². The zero-order valence-corrected chi connectivity index (χ0v) is 21.7. The number of carbonyl (C=O) groups is 1. The average molecular weight is 530 g/mol. The summed E-state index contributed by atoms with van der Waals surface area (Å²) >= 11 is 0. The van der Waals surface area contributed by atoms with Gasteiger partial charge in [-0.15, -0.1) is 13.2 Å². The topological polar surface area (TPSA) is 71.8 Å². The number of amides is 2. The van der Waals surface area contributed by atoms with Gasteiger partial charge in [-0.1, -0.05) is 12.2 Å². The van der Waals surface area contributed by atoms with Crippen molar-refractivity contribution in [2.24, 2.45) is 0 Å². The number of hydrogen-bond donors (Lipinski definition) is 1. The fraction of sp³-hybridized carbons (Fsp3) is 0.393. The highest BCUT2D eigenvalue weighted by molar-refractivity contribution is 5.75. The van der Waals surface area contributed by atoms with Gasteiger partial charge in [0.05, 0.1) is 30.1 Å². The number of nitrogens with zero attached hydrogens (tertiary/aromatic N) is 4. The van der Waals surface area contributed by atoms with E-state index in [0.717, 1.165) is 16.6 Å². The molecule has 0 bridgehead atoms. The van der Waals surface area contributed by atoms with Gasteiger partial charge in [0.25, 0.3) is 0 Å². The minimum atomic E-state index is -4.29. The van der Waals surface area contributed by atoms with Crippen LogP contribution in [0, 0.1) is 0 Å². The van der Waals surface area contributed by atoms with Crippen molar-refractivity contribution >= 4 is 11.5 Å². The van der Waals surface area contributed by atoms with Gasteiger partial charge in [0.1, 0.15) is 0 Å². The second kappa shape index (κ2) is 13.1. The van der Waals surface area contributed by atoms with Gasteiger partial charge < -0.3 is 15.0 Å². The van der Waals surface area contributed by atoms with Gasteiger partial charge in [-0.3, -0.25) is 4.98 Å². The number of fused-ring (bicyclic) bond motifs is 1. The third-order valence-electron chi connectivity index (χ3n) is 6.20. The molecule has 3 rings (SSSR count). The largest absolute Gasteiger partial charge is 0.477 e. The van der Waals surface area contributed by atoms with Crippen LogP contribution in [0.1, 0.15) is 51.3 Å². The maximum atomic E-state index is 13.1. The number of aromatic nitrogens is 3. The first-order valence-corrected chi connectivity index (χ1v) is 12.6. The molecular formula is C28H34F3N5O2. The Bertz CT molecular complexity index is 1240. The van der Waals surface area contributed by atoms with E-state index in [0.29, 0.717) is 31.1 Å². The van der Waals surface area contributed by atoms with Crippen LogP contribution in [0.3, 0.4) is 0 Å². The molecule has 3 heterocycles. The first kappa shape index (κ1) is 28.7. The van der Waals surface area contributed by atoms with E-state index in [9.17, 15) is 18.0 Å². The first-order valence-electron chi connectivity index (χ1n) is 12.6. The number of alkyl halides is 3. The predicted octanol–water partition coefficient (Wildman–Crippen LogP) is 6.73. The number of pyridine rings is 2. The van der Waals surface area contributed by atoms with Crippen LogP contribution in [0.15, 0.2) is 68.0 Å². The summed E-state index contributed by atoms with van der Waals surface area (Å²) in [6, 6.07) is 8.02. The molecule has 0 saturated carbocycles. The SMILES string of the molecule is C=CCCOc1cc(-c2ccnc([C@@H](C)N(CC)C(=O)N[C@H](CC=C)CCC(F)(F)F)c2)cc2ccnn12. The molecule has 0 aliphatic rings. The minimum absolute atomic E-state index is 0.213. The second-order valence-electron chi connectivity index (χ2n) is 8.93. The van der Waals surface area contributed by atoms with Crippen molar-refractivity contribution in [1.82, 2.24) is 24.8 Å². The van der Waals surface area contributed by atoms with Crippen LogP contribution in [0.4, 0.5) is 18.0 Å². The van der Waals surface area contributed by atoms with Gasteiger partial charge in [0.2, 0.25) is 5.88 Å². The van der Waals surface area contributed by atoms with Crippen molar-refractivity contribution < 1.29 is 22.7 Å². The molecule has 2 amide bonds. The predicted molar refractivity (Wildman–Crippen MR) is 142 cm³/mol. The Morgan fingerprint density at radius 2 is 1.97 bits per heavy atom. The van der Waals surface area contributed by atoms with Crippen LogP contribution in [0.5, 0.6) is 5.88 Å². The van der Waals surface area contributed by atoms with E-state index in [1.807, 2.05) is 44.2 Å². The van der Waals surface area contributed by atoms with E-state index < -0.39 is 30.7 Å². The summed E-state index contributed by atoms with van der Waals surface area (Å²) in [7, 11) is 0. The molecule has 0 fully saturated rings. The van der Waals surface area contributed by atoms with Gasteiger partial charge in [-0.2, -0.15) is 18.3 Å². The number of urea groups is 1. The molecule has 0 unspecified atom stereocenters. The number of hydrogen-bond acceptors (Lipinski definition) is 4. The Kier molecular flexibility index (Phi) is 9.92. The summed E-state index contributed by atoms with van der Waals surface area (Å²) in [5.74, 6) is 0.595. The molecule has 1 N–H and O–H groups in total. The molecular weight excluding hydrogens is 495 g/mol. The Morgan fingerprint density at radius 3 is 2.66 bits per heavy atom. The van der Waals surface area contributed by atoms with Gasteiger partial charge in [-0.05, 0) is 68.5 Å². The van der Waals surface area contributed by atoms with E-state index in [4.69, 9.17) is 4.74 Å². The standard InChI is InChI=1S/C28H34F3N5O2/c1-5-8-16-38-26-19-22(17-24-12-15-33-36(24)26)21-11-14-32-25(18-21)20(4)35(7-3)27(37)34-23(9-6-2)10-13-28(29,30)31/h5-6,11-12,14-15,17-20,23H,1-2,7-10,13,16H2,3-4H3,(H,34,37)/t20-,23-/m1/s1. The summed E-state index contributed by atoms with van der Waals surface area (Å²) in [5, 5.41) is 7.07. The van der Waals surface area contributed by atoms with Crippen molar-refractivity contribution in [1.29, 1.82) is 0 Å². The second-order valence-corrected chi connectivity index (χ2v) is 8.93. The number of ether oxygens (including phenoxy) is 1. The number of nitrogens with one attached hydrogen (secondary N) is 1. The normalized spacial score (nSPS) is 13.1. The van der Waals surface area contributed by atoms with E-state index in [-0.39, 0.29) is 12.8 Å². The van der Waals surface area contributed by atoms with Gasteiger partial charge in [0, 0.05) is 31.3 Å². The van der Waals surface area contributed by atoms with E-state index in [2.05, 4.69) is 28.6 Å². The summed E-state index contributed by atoms with van der Waals surface area (Å²) in [6.45, 7) is 11.8. The number of carbonyl (C=O) groups excluding carboxylic acids is 1. The maximum Gasteiger partial charge on any atom is 0.389 e. The molecule has 0 aliphatic heterocycles. The monoisotopic (exact) mass is 529 g/mol. The zero-order valence-electron chi connectivity index (χ0n) is 21.7. The van der Waals surface area contributed by atoms with Crippen LogP contribution < -0.4 is 10.1 Å². The molecule has 2 atom stereocenters. The van der Waals surface area contributed by atoms with Gasteiger partial charge in [-0.25, -0.2) is 9.31 Å². The lowest BCUT2D eigenvalue weighted by atomic mass is 10.0. The average Bonchev–Trinajstić information content (AvgIpc) is 3.36. The Morgan fingerprint density at radius 1 is 1.18 bits per heavy atom. The maximum absolute atomic E-state index is 13.1. The van der Waals surface area contributed by atoms with Crippen molar-refractivity contribution in [3.05, 3.63) is 73.7 Å². The number of halogens is 3. The zero-order chi connectivity index (χ0) is 27.7. The molecule has 0 aromatic carbocycles. The molecule has 0 aliphatic carbocycles. The van der Waals surface area contributed by atoms with Crippen molar-refractivity contribution in [2.75, 3.05) is 13.2 Å². The third kappa shape index (κ3) is 7.60. The molecule has 0 spiro atoms. The molecule has 0 radical (unpaired) electrons. The quantitative estimate of drug-likeness (QED) is 0.197. The van der Waals surface area contributed by atoms with Crippen molar-refractivity contribution in [3.8, 4) is 17.0 Å². The molecule has 3 aromatic rings. The highest BCUT2D eigenvalue weighted by Crippen LogP contribution is 2.29. The van der Waals surface area contributed by atoms with Crippen LogP contribution >= 0.6 is 0 Å². The van der Waals surface area contributed by atoms with Crippen LogP contribution in [0.25, 0.3) is 16.6 Å². The van der Waals surface area contributed by atoms with E-state index in [1.165, 1.54) is 6.08 Å². The number of rotatable bonds is 13. The highest BCUT2D eigenvalue weighted by Gasteiger charge is 2.29. The molecule has 38 heavy (non-hydrogen) atoms. The minimum Gasteiger partial charge on any atom is -0.477 e. The van der Waals surface area contributed by atoms with Gasteiger partial charge >= 0.3 is 12.2 Å². The Labute approximate surface area is 221 Å². The fourth-order valence-corrected chi connectivity index (χ4v) is 4.17. The Hall–Kier alpha value is -3.82. The Balaban J connectivity index is 1.82. The molecule has 7 nitrogen and oxygen atoms in total. The summed E-state index contributed by atoms with van der Waals surface area (Å²) in [6.07, 6.45) is 2.14. The first-order chi connectivity index (χ1) is 18.2. The molecule has 3 aromatic heterocycles. The van der Waals surface area contributed by atoms with Crippen LogP contribution in [-0.4, -0.2) is 50.9 Å². The van der Waals surface area contributed by atoms with E-state index in [1.54, 1.807) is 27.9 Å². The lowest BCUT2D eigenvalue weighted by Crippen LogP contribution is -2.46. The van der Waals surface area contributed by atoms with Crippen LogP contribution in [0.2, 0.25) is 0 Å². The molecule has 10 heteroatoms. The van der Waals surface area contributed by atoms with Crippen molar-refractivity contribution in [2.45, 2.75) is 57.8 Å². The summed E-state index contributed by atoms with van der Waals surface area (Å²) in [5.41, 5.74) is 3.29. The van der Waals surface area contributed by atoms with Gasteiger partial charge in [0.15, 0.2) is 0 Å². The molecule has 204 valence electrons. The highest BCUT2D eigenvalue weighted by atomic mass is 19.4. The smallest absolute Gasteiger partial charge is 0.389 e. The third-order valence-corrected chi connectivity index (χ3v) is 6.20. The summed E-state index contributed by atoms with van der Waals surface area (Å²) in [4.78, 5) is 19.1.